The third-order valence-electron chi connectivity index (χ3n) is 4.36. The predicted molar refractivity (Wildman–Crippen MR) is 116 cm³/mol. The molecule has 5 heteroatoms. The largest absolute Gasteiger partial charge is 0.332 e. The van der Waals surface area contributed by atoms with E-state index in [0.717, 1.165) is 33.0 Å². The lowest BCUT2D eigenvalue weighted by atomic mass is 10.0. The molecule has 1 unspecified atom stereocenters. The van der Waals surface area contributed by atoms with Gasteiger partial charge >= 0.3 is 0 Å². The molecule has 1 aromatic heterocycles. The number of aldehydes is 1. The monoisotopic (exact) mass is 404 g/mol. The van der Waals surface area contributed by atoms with E-state index in [9.17, 15) is 4.79 Å². The number of benzene rings is 2. The fourth-order valence-corrected chi connectivity index (χ4v) is 4.16. The molecule has 3 aromatic rings. The van der Waals surface area contributed by atoms with Crippen LogP contribution in [0, 0.1) is 0 Å². The van der Waals surface area contributed by atoms with E-state index in [1.165, 1.54) is 0 Å². The van der Waals surface area contributed by atoms with Crippen molar-refractivity contribution in [1.29, 1.82) is 0 Å². The summed E-state index contributed by atoms with van der Waals surface area (Å²) in [6.07, 6.45) is 6.78. The van der Waals surface area contributed by atoms with Gasteiger partial charge in [-0.05, 0) is 54.6 Å². The molecule has 0 spiro atoms. The summed E-state index contributed by atoms with van der Waals surface area (Å²) in [5, 5.41) is 0.689. The molecule has 0 fully saturated rings. The average molecular weight is 405 g/mol. The van der Waals surface area contributed by atoms with Crippen LogP contribution in [0.25, 0.3) is 5.57 Å². The van der Waals surface area contributed by atoms with Gasteiger partial charge in [-0.25, -0.2) is 0 Å². The van der Waals surface area contributed by atoms with E-state index < -0.39 is 6.04 Å². The van der Waals surface area contributed by atoms with Crippen molar-refractivity contribution in [3.05, 3.63) is 107 Å². The molecule has 4 rings (SSSR count). The fourth-order valence-electron chi connectivity index (χ4n) is 3.01. The van der Waals surface area contributed by atoms with Crippen LogP contribution in [0.15, 0.2) is 101 Å². The van der Waals surface area contributed by atoms with Gasteiger partial charge in [0.1, 0.15) is 12.3 Å². The Morgan fingerprint density at radius 2 is 1.71 bits per heavy atom. The fraction of sp³-hybridized carbons (Fsp3) is 0.0435. The van der Waals surface area contributed by atoms with Gasteiger partial charge in [0.25, 0.3) is 0 Å². The van der Waals surface area contributed by atoms with E-state index in [0.29, 0.717) is 5.02 Å². The van der Waals surface area contributed by atoms with Gasteiger partial charge in [0.05, 0.1) is 5.69 Å². The summed E-state index contributed by atoms with van der Waals surface area (Å²) in [4.78, 5) is 20.5. The van der Waals surface area contributed by atoms with Gasteiger partial charge in [0.15, 0.2) is 0 Å². The van der Waals surface area contributed by atoms with Crippen LogP contribution < -0.4 is 4.90 Å². The Labute approximate surface area is 173 Å². The molecule has 0 radical (unpaired) electrons. The van der Waals surface area contributed by atoms with Crippen molar-refractivity contribution in [2.75, 3.05) is 4.90 Å². The van der Waals surface area contributed by atoms with Crippen LogP contribution in [0.5, 0.6) is 0 Å². The molecule has 2 aromatic carbocycles. The molecule has 0 bridgehead atoms. The van der Waals surface area contributed by atoms with Crippen LogP contribution in [0.4, 0.5) is 5.69 Å². The number of hydrogen-bond donors (Lipinski definition) is 0. The lowest BCUT2D eigenvalue weighted by molar-refractivity contribution is -0.108. The summed E-state index contributed by atoms with van der Waals surface area (Å²) < 4.78 is 0. The molecular weight excluding hydrogens is 388 g/mol. The number of nitrogens with zero attached hydrogens (tertiary/aromatic N) is 2. The number of pyridine rings is 1. The Morgan fingerprint density at radius 3 is 2.39 bits per heavy atom. The Morgan fingerprint density at radius 1 is 0.964 bits per heavy atom. The molecular formula is C23H17ClN2OS. The molecule has 1 aliphatic heterocycles. The number of allylic oxidation sites excluding steroid dienone is 2. The van der Waals surface area contributed by atoms with E-state index in [4.69, 9.17) is 11.6 Å². The minimum Gasteiger partial charge on any atom is -0.332 e. The lowest BCUT2D eigenvalue weighted by Gasteiger charge is -2.32. The van der Waals surface area contributed by atoms with Crippen molar-refractivity contribution < 1.29 is 4.79 Å². The van der Waals surface area contributed by atoms with Crippen molar-refractivity contribution in [1.82, 2.24) is 4.98 Å². The zero-order valence-electron chi connectivity index (χ0n) is 14.9. The van der Waals surface area contributed by atoms with Crippen LogP contribution in [0.3, 0.4) is 0 Å². The third kappa shape index (κ3) is 4.03. The smallest absolute Gasteiger partial charge is 0.147 e. The number of rotatable bonds is 5. The highest BCUT2D eigenvalue weighted by Gasteiger charge is 2.27. The van der Waals surface area contributed by atoms with Crippen LogP contribution in [-0.2, 0) is 4.79 Å². The number of halogens is 1. The Bertz CT molecular complexity index is 1020. The maximum atomic E-state index is 12.1. The van der Waals surface area contributed by atoms with E-state index in [2.05, 4.69) is 4.98 Å². The van der Waals surface area contributed by atoms with Crippen LogP contribution in [-0.4, -0.2) is 17.3 Å². The molecule has 1 atom stereocenters. The van der Waals surface area contributed by atoms with Gasteiger partial charge in [-0.15, -0.1) is 0 Å². The molecule has 2 heterocycles. The van der Waals surface area contributed by atoms with Crippen LogP contribution >= 0.6 is 23.4 Å². The Balaban J connectivity index is 1.77. The second kappa shape index (κ2) is 8.46. The van der Waals surface area contributed by atoms with E-state index >= 15 is 0 Å². The van der Waals surface area contributed by atoms with Crippen molar-refractivity contribution >= 4 is 40.9 Å². The maximum absolute atomic E-state index is 12.1. The minimum atomic E-state index is -0.407. The molecule has 0 N–H and O–H groups in total. The summed E-state index contributed by atoms with van der Waals surface area (Å²) in [5.74, 6) is 0. The van der Waals surface area contributed by atoms with Crippen molar-refractivity contribution in [3.8, 4) is 0 Å². The minimum absolute atomic E-state index is 0.407. The second-order valence-electron chi connectivity index (χ2n) is 6.23. The van der Waals surface area contributed by atoms with Gasteiger partial charge in [-0.3, -0.25) is 4.98 Å². The number of thioether (sulfide) groups is 1. The summed E-state index contributed by atoms with van der Waals surface area (Å²) in [5.41, 5.74) is 2.77. The third-order valence-corrected chi connectivity index (χ3v) is 5.72. The highest BCUT2D eigenvalue weighted by atomic mass is 35.5. The molecule has 0 saturated heterocycles. The molecule has 0 amide bonds. The van der Waals surface area contributed by atoms with Gasteiger partial charge in [-0.1, -0.05) is 47.6 Å². The molecule has 138 valence electrons. The molecule has 3 nitrogen and oxygen atoms in total. The van der Waals surface area contributed by atoms with E-state index in [1.54, 1.807) is 18.0 Å². The molecule has 1 aliphatic rings. The molecule has 0 saturated carbocycles. The summed E-state index contributed by atoms with van der Waals surface area (Å²) in [7, 11) is 0. The number of aromatic nitrogens is 1. The number of anilines is 1. The molecule has 0 aliphatic carbocycles. The molecule has 28 heavy (non-hydrogen) atoms. The summed E-state index contributed by atoms with van der Waals surface area (Å²) in [6, 6.07) is 22.9. The van der Waals surface area contributed by atoms with Crippen molar-refractivity contribution in [2.45, 2.75) is 10.9 Å². The topological polar surface area (TPSA) is 33.2 Å². The quantitative estimate of drug-likeness (QED) is 0.500. The Hall–Kier alpha value is -2.82. The van der Waals surface area contributed by atoms with Gasteiger partial charge in [-0.2, -0.15) is 0 Å². The summed E-state index contributed by atoms with van der Waals surface area (Å²) in [6.45, 7) is 0. The van der Waals surface area contributed by atoms with Gasteiger partial charge in [0, 0.05) is 38.5 Å². The zero-order valence-corrected chi connectivity index (χ0v) is 16.5. The maximum Gasteiger partial charge on any atom is 0.147 e. The number of para-hydroxylation sites is 1. The summed E-state index contributed by atoms with van der Waals surface area (Å²) >= 11 is 7.57. The normalized spacial score (nSPS) is 16.3. The average Bonchev–Trinajstić information content (AvgIpc) is 2.76. The highest BCUT2D eigenvalue weighted by Crippen LogP contribution is 2.38. The zero-order chi connectivity index (χ0) is 19.3. The van der Waals surface area contributed by atoms with Gasteiger partial charge in [0.2, 0.25) is 0 Å². The van der Waals surface area contributed by atoms with Crippen LogP contribution in [0.2, 0.25) is 5.02 Å². The van der Waals surface area contributed by atoms with Crippen molar-refractivity contribution in [2.24, 2.45) is 0 Å². The number of carbonyl (C=O) groups excluding carboxylic acids is 1. The first kappa shape index (κ1) is 18.5. The SMILES string of the molecule is O=CC1C(Sc2ccc(Cl)cc2)=CC(c2ccccn2)=CN1c1ccccc1. The number of carbonyl (C=O) groups is 1. The predicted octanol–water partition coefficient (Wildman–Crippen LogP) is 5.84. The van der Waals surface area contributed by atoms with E-state index in [-0.39, 0.29) is 0 Å². The first-order chi connectivity index (χ1) is 13.7. The lowest BCUT2D eigenvalue weighted by Crippen LogP contribution is -2.35. The second-order valence-corrected chi connectivity index (χ2v) is 7.81. The number of hydrogen-bond acceptors (Lipinski definition) is 4. The van der Waals surface area contributed by atoms with Gasteiger partial charge < -0.3 is 9.69 Å². The first-order valence-electron chi connectivity index (χ1n) is 8.81. The van der Waals surface area contributed by atoms with E-state index in [1.807, 2.05) is 90.0 Å². The van der Waals surface area contributed by atoms with Crippen LogP contribution in [0.1, 0.15) is 5.69 Å². The van der Waals surface area contributed by atoms with Crippen molar-refractivity contribution in [3.63, 3.8) is 0 Å². The Kier molecular flexibility index (Phi) is 5.60. The first-order valence-corrected chi connectivity index (χ1v) is 10.0. The standard InChI is InChI=1S/C23H17ClN2OS/c24-18-9-11-20(12-10-18)28-23-14-17(21-8-4-5-13-25-21)15-26(22(23)16-27)19-6-2-1-3-7-19/h1-16,22H. The highest BCUT2D eigenvalue weighted by molar-refractivity contribution is 8.03.